The van der Waals surface area contributed by atoms with Gasteiger partial charge in [-0.3, -0.25) is 4.79 Å². The molecule has 1 aliphatic carbocycles. The molecule has 0 bridgehead atoms. The lowest BCUT2D eigenvalue weighted by Gasteiger charge is -2.05. The molecule has 1 amide bonds. The average Bonchev–Trinajstić information content (AvgIpc) is 2.95. The van der Waals surface area contributed by atoms with Crippen molar-refractivity contribution < 1.29 is 4.79 Å². The van der Waals surface area contributed by atoms with Crippen molar-refractivity contribution in [3.63, 3.8) is 0 Å². The third-order valence-electron chi connectivity index (χ3n) is 2.53. The largest absolute Gasteiger partial charge is 0.353 e. The normalized spacial score (nSPS) is 15.1. The van der Waals surface area contributed by atoms with Crippen LogP contribution in [0.2, 0.25) is 0 Å². The van der Waals surface area contributed by atoms with Crippen LogP contribution in [-0.2, 0) is 11.2 Å². The van der Waals surface area contributed by atoms with E-state index in [0.29, 0.717) is 12.5 Å². The van der Waals surface area contributed by atoms with Crippen molar-refractivity contribution in [2.45, 2.75) is 32.2 Å². The van der Waals surface area contributed by atoms with Crippen molar-refractivity contribution in [1.82, 2.24) is 5.32 Å². The Morgan fingerprint density at radius 3 is 2.87 bits per heavy atom. The van der Waals surface area contributed by atoms with E-state index in [-0.39, 0.29) is 5.91 Å². The summed E-state index contributed by atoms with van der Waals surface area (Å²) in [5.41, 5.74) is 2.25. The standard InChI is InChI=1S/C12H14BrNO/c1-8-6-9(2-5-11(8)13)7-12(15)14-10-3-4-10/h2,5-6,10H,3-4,7H2,1H3,(H,14,15). The number of hydrogen-bond donors (Lipinski definition) is 1. The van der Waals surface area contributed by atoms with E-state index in [1.54, 1.807) is 0 Å². The average molecular weight is 268 g/mol. The summed E-state index contributed by atoms with van der Waals surface area (Å²) in [7, 11) is 0. The number of carbonyl (C=O) groups excluding carboxylic acids is 1. The van der Waals surface area contributed by atoms with Crippen molar-refractivity contribution in [3.05, 3.63) is 33.8 Å². The molecule has 0 saturated heterocycles. The third-order valence-corrected chi connectivity index (χ3v) is 3.42. The van der Waals surface area contributed by atoms with Crippen molar-refractivity contribution in [3.8, 4) is 0 Å². The van der Waals surface area contributed by atoms with Gasteiger partial charge in [-0.15, -0.1) is 0 Å². The van der Waals surface area contributed by atoms with Crippen LogP contribution in [0.1, 0.15) is 24.0 Å². The van der Waals surface area contributed by atoms with Crippen molar-refractivity contribution >= 4 is 21.8 Å². The Bertz CT molecular complexity index is 385. The van der Waals surface area contributed by atoms with Crippen LogP contribution < -0.4 is 5.32 Å². The maximum atomic E-state index is 11.5. The fourth-order valence-corrected chi connectivity index (χ4v) is 1.76. The SMILES string of the molecule is Cc1cc(CC(=O)NC2CC2)ccc1Br. The van der Waals surface area contributed by atoms with Gasteiger partial charge in [0.1, 0.15) is 0 Å². The molecule has 1 aromatic carbocycles. The maximum absolute atomic E-state index is 11.5. The maximum Gasteiger partial charge on any atom is 0.224 e. The van der Waals surface area contributed by atoms with Crippen LogP contribution in [0, 0.1) is 6.92 Å². The highest BCUT2D eigenvalue weighted by Gasteiger charge is 2.22. The zero-order valence-electron chi connectivity index (χ0n) is 8.72. The summed E-state index contributed by atoms with van der Waals surface area (Å²) in [5.74, 6) is 0.138. The number of nitrogens with one attached hydrogen (secondary N) is 1. The minimum absolute atomic E-state index is 0.138. The van der Waals surface area contributed by atoms with Gasteiger partial charge in [0.15, 0.2) is 0 Å². The minimum atomic E-state index is 0.138. The van der Waals surface area contributed by atoms with Gasteiger partial charge in [0.05, 0.1) is 6.42 Å². The number of halogens is 1. The molecule has 0 radical (unpaired) electrons. The van der Waals surface area contributed by atoms with Gasteiger partial charge < -0.3 is 5.32 Å². The molecule has 2 nitrogen and oxygen atoms in total. The Balaban J connectivity index is 1.97. The molecular formula is C12H14BrNO. The lowest BCUT2D eigenvalue weighted by Crippen LogP contribution is -2.26. The van der Waals surface area contributed by atoms with Crippen LogP contribution in [0.3, 0.4) is 0 Å². The summed E-state index contributed by atoms with van der Waals surface area (Å²) in [6.45, 7) is 2.03. The van der Waals surface area contributed by atoms with Crippen molar-refractivity contribution in [1.29, 1.82) is 0 Å². The quantitative estimate of drug-likeness (QED) is 0.896. The Kier molecular flexibility index (Phi) is 3.10. The molecule has 1 N–H and O–H groups in total. The van der Waals surface area contributed by atoms with Crippen LogP contribution in [0.5, 0.6) is 0 Å². The Hall–Kier alpha value is -0.830. The molecule has 1 saturated carbocycles. The topological polar surface area (TPSA) is 29.1 Å². The van der Waals surface area contributed by atoms with Crippen LogP contribution in [0.15, 0.2) is 22.7 Å². The van der Waals surface area contributed by atoms with Gasteiger partial charge in [-0.05, 0) is 37.0 Å². The first-order valence-corrected chi connectivity index (χ1v) is 5.99. The van der Waals surface area contributed by atoms with E-state index < -0.39 is 0 Å². The number of rotatable bonds is 3. The zero-order chi connectivity index (χ0) is 10.8. The van der Waals surface area contributed by atoms with E-state index in [2.05, 4.69) is 27.3 Å². The smallest absolute Gasteiger partial charge is 0.224 e. The summed E-state index contributed by atoms with van der Waals surface area (Å²) < 4.78 is 1.09. The predicted molar refractivity (Wildman–Crippen MR) is 63.7 cm³/mol. The summed E-state index contributed by atoms with van der Waals surface area (Å²) >= 11 is 3.45. The molecule has 15 heavy (non-hydrogen) atoms. The summed E-state index contributed by atoms with van der Waals surface area (Å²) in [5, 5.41) is 2.99. The Labute approximate surface area is 98.2 Å². The molecular weight excluding hydrogens is 254 g/mol. The van der Waals surface area contributed by atoms with Crippen LogP contribution in [-0.4, -0.2) is 11.9 Å². The van der Waals surface area contributed by atoms with Crippen molar-refractivity contribution in [2.24, 2.45) is 0 Å². The number of amides is 1. The van der Waals surface area contributed by atoms with E-state index in [4.69, 9.17) is 0 Å². The molecule has 0 spiro atoms. The number of hydrogen-bond acceptors (Lipinski definition) is 1. The first-order valence-electron chi connectivity index (χ1n) is 5.19. The van der Waals surface area contributed by atoms with E-state index in [0.717, 1.165) is 22.9 Å². The molecule has 0 aromatic heterocycles. The van der Waals surface area contributed by atoms with Gasteiger partial charge in [-0.1, -0.05) is 28.1 Å². The van der Waals surface area contributed by atoms with E-state index in [1.165, 1.54) is 5.56 Å². The summed E-state index contributed by atoms with van der Waals surface area (Å²) in [6.07, 6.45) is 2.78. The van der Waals surface area contributed by atoms with Crippen LogP contribution >= 0.6 is 15.9 Å². The monoisotopic (exact) mass is 267 g/mol. The number of carbonyl (C=O) groups is 1. The highest BCUT2D eigenvalue weighted by Crippen LogP contribution is 2.20. The zero-order valence-corrected chi connectivity index (χ0v) is 10.3. The van der Waals surface area contributed by atoms with Gasteiger partial charge in [-0.25, -0.2) is 0 Å². The molecule has 0 unspecified atom stereocenters. The summed E-state index contributed by atoms with van der Waals surface area (Å²) in [4.78, 5) is 11.5. The fraction of sp³-hybridized carbons (Fsp3) is 0.417. The molecule has 3 heteroatoms. The third kappa shape index (κ3) is 3.06. The predicted octanol–water partition coefficient (Wildman–Crippen LogP) is 2.58. The van der Waals surface area contributed by atoms with Gasteiger partial charge >= 0.3 is 0 Å². The molecule has 1 fully saturated rings. The molecule has 80 valence electrons. The number of benzene rings is 1. The first kappa shape index (κ1) is 10.7. The highest BCUT2D eigenvalue weighted by atomic mass is 79.9. The highest BCUT2D eigenvalue weighted by molar-refractivity contribution is 9.10. The van der Waals surface area contributed by atoms with Gasteiger partial charge in [0, 0.05) is 10.5 Å². The number of aryl methyl sites for hydroxylation is 1. The Morgan fingerprint density at radius 2 is 2.27 bits per heavy atom. The summed E-state index contributed by atoms with van der Waals surface area (Å²) in [6, 6.07) is 6.49. The lowest BCUT2D eigenvalue weighted by atomic mass is 10.1. The molecule has 0 heterocycles. The molecule has 0 aliphatic heterocycles. The fourth-order valence-electron chi connectivity index (χ4n) is 1.51. The minimum Gasteiger partial charge on any atom is -0.353 e. The van der Waals surface area contributed by atoms with E-state index in [1.807, 2.05) is 19.1 Å². The molecule has 1 aliphatic rings. The molecule has 2 rings (SSSR count). The lowest BCUT2D eigenvalue weighted by molar-refractivity contribution is -0.120. The van der Waals surface area contributed by atoms with Crippen molar-refractivity contribution in [2.75, 3.05) is 0 Å². The van der Waals surface area contributed by atoms with Gasteiger partial charge in [-0.2, -0.15) is 0 Å². The molecule has 1 aromatic rings. The van der Waals surface area contributed by atoms with Crippen LogP contribution in [0.4, 0.5) is 0 Å². The first-order chi connectivity index (χ1) is 7.15. The van der Waals surface area contributed by atoms with Gasteiger partial charge in [0.25, 0.3) is 0 Å². The second kappa shape index (κ2) is 4.35. The Morgan fingerprint density at radius 1 is 1.53 bits per heavy atom. The second-order valence-electron chi connectivity index (χ2n) is 4.10. The molecule has 0 atom stereocenters. The van der Waals surface area contributed by atoms with E-state index in [9.17, 15) is 4.79 Å². The van der Waals surface area contributed by atoms with Crippen LogP contribution in [0.25, 0.3) is 0 Å². The van der Waals surface area contributed by atoms with E-state index >= 15 is 0 Å². The second-order valence-corrected chi connectivity index (χ2v) is 4.96. The van der Waals surface area contributed by atoms with Gasteiger partial charge in [0.2, 0.25) is 5.91 Å².